The van der Waals surface area contributed by atoms with Crippen molar-refractivity contribution >= 4 is 11.5 Å². The maximum atomic E-state index is 13.2. The third-order valence-corrected chi connectivity index (χ3v) is 2.92. The van der Waals surface area contributed by atoms with Gasteiger partial charge in [0.15, 0.2) is 5.78 Å². The second-order valence-corrected chi connectivity index (χ2v) is 4.50. The van der Waals surface area contributed by atoms with Crippen LogP contribution < -0.4 is 4.74 Å². The lowest BCUT2D eigenvalue weighted by Crippen LogP contribution is -2.00. The molecule has 0 bridgehead atoms. The van der Waals surface area contributed by atoms with Gasteiger partial charge >= 0.3 is 0 Å². The molecule has 0 unspecified atom stereocenters. The van der Waals surface area contributed by atoms with E-state index in [9.17, 15) is 19.3 Å². The molecule has 0 amide bonds. The van der Waals surface area contributed by atoms with E-state index in [0.717, 1.165) is 0 Å². The molecule has 0 aliphatic carbocycles. The molecule has 0 saturated heterocycles. The molecule has 0 aromatic heterocycles. The highest BCUT2D eigenvalue weighted by Gasteiger charge is 2.18. The number of carbonyl (C=O) groups excluding carboxylic acids is 1. The summed E-state index contributed by atoms with van der Waals surface area (Å²) in [4.78, 5) is 21.7. The van der Waals surface area contributed by atoms with E-state index in [2.05, 4.69) is 0 Å². The van der Waals surface area contributed by atoms with E-state index >= 15 is 0 Å². The van der Waals surface area contributed by atoms with E-state index < -0.39 is 16.5 Å². The van der Waals surface area contributed by atoms with Gasteiger partial charge in [-0.25, -0.2) is 4.39 Å². The number of halogens is 1. The highest BCUT2D eigenvalue weighted by atomic mass is 19.1. The molecule has 0 N–H and O–H groups in total. The zero-order valence-corrected chi connectivity index (χ0v) is 11.4. The maximum absolute atomic E-state index is 13.2. The molecule has 2 rings (SSSR count). The number of ketones is 1. The minimum atomic E-state index is -0.631. The molecule has 0 saturated carbocycles. The normalized spacial score (nSPS) is 10.2. The molecular weight excluding hydrogens is 277 g/mol. The van der Waals surface area contributed by atoms with Crippen molar-refractivity contribution in [3.8, 4) is 11.5 Å². The molecule has 0 fully saturated rings. The van der Waals surface area contributed by atoms with Crippen LogP contribution in [0.4, 0.5) is 10.1 Å². The summed E-state index contributed by atoms with van der Waals surface area (Å²) >= 11 is 0. The summed E-state index contributed by atoms with van der Waals surface area (Å²) in [6, 6.07) is 7.92. The quantitative estimate of drug-likeness (QED) is 0.484. The van der Waals surface area contributed by atoms with Crippen LogP contribution in [0.1, 0.15) is 22.8 Å². The summed E-state index contributed by atoms with van der Waals surface area (Å²) in [5.74, 6) is -0.370. The lowest BCUT2D eigenvalue weighted by molar-refractivity contribution is -0.385. The maximum Gasteiger partial charge on any atom is 0.280 e. The molecule has 0 spiro atoms. The SMILES string of the molecule is CC(=O)c1cc(Oc2cc(F)ccc2C)ccc1[N+](=O)[O-]. The molecule has 21 heavy (non-hydrogen) atoms. The fourth-order valence-corrected chi connectivity index (χ4v) is 1.83. The van der Waals surface area contributed by atoms with Gasteiger partial charge in [0.05, 0.1) is 10.5 Å². The van der Waals surface area contributed by atoms with Crippen molar-refractivity contribution in [1.82, 2.24) is 0 Å². The summed E-state index contributed by atoms with van der Waals surface area (Å²) in [5, 5.41) is 10.9. The van der Waals surface area contributed by atoms with Crippen LogP contribution in [0.2, 0.25) is 0 Å². The lowest BCUT2D eigenvalue weighted by atomic mass is 10.1. The van der Waals surface area contributed by atoms with Crippen LogP contribution >= 0.6 is 0 Å². The van der Waals surface area contributed by atoms with E-state index in [4.69, 9.17) is 4.74 Å². The second kappa shape index (κ2) is 5.70. The van der Waals surface area contributed by atoms with Gasteiger partial charge in [0.2, 0.25) is 0 Å². The van der Waals surface area contributed by atoms with Crippen molar-refractivity contribution in [2.45, 2.75) is 13.8 Å². The number of hydrogen-bond donors (Lipinski definition) is 0. The van der Waals surface area contributed by atoms with Crippen LogP contribution in [0.5, 0.6) is 11.5 Å². The van der Waals surface area contributed by atoms with Gasteiger partial charge in [-0.15, -0.1) is 0 Å². The molecule has 5 nitrogen and oxygen atoms in total. The molecule has 0 atom stereocenters. The van der Waals surface area contributed by atoms with Crippen LogP contribution in [0, 0.1) is 22.9 Å². The predicted molar refractivity (Wildman–Crippen MR) is 74.3 cm³/mol. The summed E-state index contributed by atoms with van der Waals surface area (Å²) < 4.78 is 18.7. The predicted octanol–water partition coefficient (Wildman–Crippen LogP) is 4.04. The molecule has 2 aromatic carbocycles. The van der Waals surface area contributed by atoms with Crippen LogP contribution in [-0.2, 0) is 0 Å². The van der Waals surface area contributed by atoms with Crippen molar-refractivity contribution in [2.24, 2.45) is 0 Å². The van der Waals surface area contributed by atoms with E-state index in [1.165, 1.54) is 37.3 Å². The summed E-state index contributed by atoms with van der Waals surface area (Å²) in [5.41, 5.74) is 0.372. The van der Waals surface area contributed by atoms with Gasteiger partial charge in [0, 0.05) is 12.1 Å². The topological polar surface area (TPSA) is 69.4 Å². The molecule has 2 aromatic rings. The highest BCUT2D eigenvalue weighted by molar-refractivity contribution is 5.98. The average molecular weight is 289 g/mol. The minimum absolute atomic E-state index is 0.0495. The summed E-state index contributed by atoms with van der Waals surface area (Å²) in [6.07, 6.45) is 0. The first kappa shape index (κ1) is 14.6. The summed E-state index contributed by atoms with van der Waals surface area (Å²) in [6.45, 7) is 2.98. The van der Waals surface area contributed by atoms with Gasteiger partial charge in [-0.1, -0.05) is 6.07 Å². The third-order valence-electron chi connectivity index (χ3n) is 2.92. The number of nitro groups is 1. The van der Waals surface area contributed by atoms with E-state index in [1.54, 1.807) is 13.0 Å². The Bertz CT molecular complexity index is 728. The first-order valence-corrected chi connectivity index (χ1v) is 6.12. The zero-order valence-electron chi connectivity index (χ0n) is 11.4. The van der Waals surface area contributed by atoms with Gasteiger partial charge in [-0.3, -0.25) is 14.9 Å². The van der Waals surface area contributed by atoms with Crippen LogP contribution in [-0.4, -0.2) is 10.7 Å². The number of rotatable bonds is 4. The fourth-order valence-electron chi connectivity index (χ4n) is 1.83. The van der Waals surface area contributed by atoms with Gasteiger partial charge in [0.25, 0.3) is 5.69 Å². The van der Waals surface area contributed by atoms with Crippen molar-refractivity contribution < 1.29 is 18.8 Å². The number of Topliss-reactive ketones (excluding diaryl/α,β-unsaturated/α-hetero) is 1. The molecule has 0 aliphatic heterocycles. The van der Waals surface area contributed by atoms with Crippen molar-refractivity contribution in [2.75, 3.05) is 0 Å². The van der Waals surface area contributed by atoms with Crippen molar-refractivity contribution in [1.29, 1.82) is 0 Å². The Hall–Kier alpha value is -2.76. The molecular formula is C15H12FNO4. The number of nitrogens with zero attached hydrogens (tertiary/aromatic N) is 1. The Morgan fingerprint density at radius 1 is 1.24 bits per heavy atom. The van der Waals surface area contributed by atoms with Crippen molar-refractivity contribution in [3.05, 3.63) is 63.5 Å². The molecule has 108 valence electrons. The van der Waals surface area contributed by atoms with Gasteiger partial charge in [0.1, 0.15) is 17.3 Å². The van der Waals surface area contributed by atoms with E-state index in [0.29, 0.717) is 11.3 Å². The summed E-state index contributed by atoms with van der Waals surface area (Å²) in [7, 11) is 0. The third kappa shape index (κ3) is 3.22. The number of ether oxygens (including phenoxy) is 1. The average Bonchev–Trinajstić information content (AvgIpc) is 2.42. The van der Waals surface area contributed by atoms with Crippen molar-refractivity contribution in [3.63, 3.8) is 0 Å². The molecule has 0 radical (unpaired) electrons. The Balaban J connectivity index is 2.41. The van der Waals surface area contributed by atoms with Gasteiger partial charge in [-0.05, 0) is 37.6 Å². The first-order valence-electron chi connectivity index (χ1n) is 6.12. The van der Waals surface area contributed by atoms with Crippen LogP contribution in [0.3, 0.4) is 0 Å². The van der Waals surface area contributed by atoms with Crippen LogP contribution in [0.15, 0.2) is 36.4 Å². The Morgan fingerprint density at radius 3 is 2.57 bits per heavy atom. The Labute approximate surface area is 120 Å². The number of hydrogen-bond acceptors (Lipinski definition) is 4. The highest BCUT2D eigenvalue weighted by Crippen LogP contribution is 2.30. The smallest absolute Gasteiger partial charge is 0.280 e. The monoisotopic (exact) mass is 289 g/mol. The zero-order chi connectivity index (χ0) is 15.6. The first-order chi connectivity index (χ1) is 9.88. The van der Waals surface area contributed by atoms with E-state index in [-0.39, 0.29) is 17.0 Å². The number of benzene rings is 2. The standard InChI is InChI=1S/C15H12FNO4/c1-9-3-4-11(16)7-15(9)21-12-5-6-14(17(19)20)13(8-12)10(2)18/h3-8H,1-2H3. The molecule has 6 heteroatoms. The van der Waals surface area contributed by atoms with E-state index in [1.807, 2.05) is 0 Å². The Morgan fingerprint density at radius 2 is 1.95 bits per heavy atom. The lowest BCUT2D eigenvalue weighted by Gasteiger charge is -2.09. The fraction of sp³-hybridized carbons (Fsp3) is 0.133. The second-order valence-electron chi connectivity index (χ2n) is 4.50. The molecule has 0 heterocycles. The minimum Gasteiger partial charge on any atom is -0.457 e. The Kier molecular flexibility index (Phi) is 3.98. The number of nitro benzene ring substituents is 1. The molecule has 0 aliphatic rings. The number of aryl methyl sites for hydroxylation is 1. The van der Waals surface area contributed by atoms with Crippen LogP contribution in [0.25, 0.3) is 0 Å². The van der Waals surface area contributed by atoms with Gasteiger partial charge in [-0.2, -0.15) is 0 Å². The van der Waals surface area contributed by atoms with Gasteiger partial charge < -0.3 is 4.74 Å². The largest absolute Gasteiger partial charge is 0.457 e. The number of carbonyl (C=O) groups is 1.